The number of carboxylic acids is 1. The number of rotatable bonds is 3. The van der Waals surface area contributed by atoms with Gasteiger partial charge in [-0.3, -0.25) is 9.59 Å². The fraction of sp³-hybridized carbons (Fsp3) is 0.429. The molecular weight excluding hydrogens is 360 g/mol. The van der Waals surface area contributed by atoms with Gasteiger partial charge in [-0.05, 0) is 38.4 Å². The Morgan fingerprint density at radius 2 is 1.96 bits per heavy atom. The van der Waals surface area contributed by atoms with Gasteiger partial charge in [0.25, 0.3) is 5.91 Å². The molecule has 5 nitrogen and oxygen atoms in total. The predicted octanol–water partition coefficient (Wildman–Crippen LogP) is 3.20. The number of hydrogen-bond acceptors (Lipinski definition) is 4. The van der Waals surface area contributed by atoms with Crippen LogP contribution < -0.4 is 0 Å². The van der Waals surface area contributed by atoms with Crippen LogP contribution >= 0.6 is 11.3 Å². The van der Waals surface area contributed by atoms with Crippen LogP contribution in [0, 0.1) is 18.3 Å². The zero-order chi connectivity index (χ0) is 19.2. The highest BCUT2D eigenvalue weighted by Crippen LogP contribution is 2.43. The van der Waals surface area contributed by atoms with Gasteiger partial charge >= 0.3 is 5.97 Å². The lowest BCUT2D eigenvalue weighted by atomic mass is 9.73. The molecule has 27 heavy (non-hydrogen) atoms. The van der Waals surface area contributed by atoms with Gasteiger partial charge in [0.05, 0.1) is 5.56 Å². The molecule has 1 aromatic heterocycles. The Morgan fingerprint density at radius 3 is 2.67 bits per heavy atom. The zero-order valence-corrected chi connectivity index (χ0v) is 16.5. The fourth-order valence-electron chi connectivity index (χ4n) is 4.67. The molecule has 1 amide bonds. The molecule has 2 atom stereocenters. The van der Waals surface area contributed by atoms with Crippen LogP contribution in [0.2, 0.25) is 0 Å². The highest BCUT2D eigenvalue weighted by Gasteiger charge is 2.55. The third kappa shape index (κ3) is 2.97. The monoisotopic (exact) mass is 384 g/mol. The zero-order valence-electron chi connectivity index (χ0n) is 15.6. The Bertz CT molecular complexity index is 879. The number of aliphatic carboxylic acids is 1. The molecule has 0 saturated carbocycles. The second kappa shape index (κ2) is 6.77. The van der Waals surface area contributed by atoms with Crippen LogP contribution in [0.3, 0.4) is 0 Å². The van der Waals surface area contributed by atoms with Crippen molar-refractivity contribution < 1.29 is 14.7 Å². The molecule has 6 heteroatoms. The lowest BCUT2D eigenvalue weighted by Gasteiger charge is -2.39. The number of amides is 1. The van der Waals surface area contributed by atoms with Gasteiger partial charge in [-0.2, -0.15) is 0 Å². The van der Waals surface area contributed by atoms with Crippen molar-refractivity contribution in [2.24, 2.45) is 11.3 Å². The quantitative estimate of drug-likeness (QED) is 0.883. The van der Waals surface area contributed by atoms with Crippen molar-refractivity contribution in [3.63, 3.8) is 0 Å². The Balaban J connectivity index is 1.67. The van der Waals surface area contributed by atoms with E-state index in [0.29, 0.717) is 25.2 Å². The minimum Gasteiger partial charge on any atom is -0.481 e. The predicted molar refractivity (Wildman–Crippen MR) is 106 cm³/mol. The number of piperidine rings is 1. The Kier molecular flexibility index (Phi) is 4.56. The van der Waals surface area contributed by atoms with Gasteiger partial charge in [-0.1, -0.05) is 30.3 Å². The van der Waals surface area contributed by atoms with E-state index in [4.69, 9.17) is 0 Å². The summed E-state index contributed by atoms with van der Waals surface area (Å²) in [6.45, 7) is 4.24. The first-order valence-electron chi connectivity index (χ1n) is 9.27. The van der Waals surface area contributed by atoms with E-state index in [1.807, 2.05) is 49.7 Å². The maximum atomic E-state index is 13.4. The summed E-state index contributed by atoms with van der Waals surface area (Å²) in [4.78, 5) is 30.5. The van der Waals surface area contributed by atoms with E-state index in [2.05, 4.69) is 4.90 Å². The molecule has 2 aromatic rings. The number of nitrogens with zero attached hydrogens (tertiary/aromatic N) is 2. The van der Waals surface area contributed by atoms with Crippen molar-refractivity contribution in [3.8, 4) is 11.1 Å². The number of likely N-dealkylation sites (tertiary alicyclic amines) is 2. The number of aryl methyl sites for hydroxylation is 1. The summed E-state index contributed by atoms with van der Waals surface area (Å²) in [5.74, 6) is -0.801. The van der Waals surface area contributed by atoms with Gasteiger partial charge in [-0.25, -0.2) is 0 Å². The lowest BCUT2D eigenvalue weighted by Crippen LogP contribution is -2.52. The number of carbonyl (C=O) groups is 2. The topological polar surface area (TPSA) is 60.9 Å². The third-order valence-electron chi connectivity index (χ3n) is 6.09. The van der Waals surface area contributed by atoms with Crippen molar-refractivity contribution >= 4 is 23.2 Å². The van der Waals surface area contributed by atoms with E-state index in [1.165, 1.54) is 0 Å². The van der Waals surface area contributed by atoms with Crippen LogP contribution in [0.4, 0.5) is 0 Å². The Hall–Kier alpha value is -2.18. The molecule has 0 aliphatic carbocycles. The Morgan fingerprint density at radius 1 is 1.22 bits per heavy atom. The molecule has 2 fully saturated rings. The van der Waals surface area contributed by atoms with E-state index in [-0.39, 0.29) is 11.8 Å². The number of carboxylic acid groups (broad SMARTS) is 1. The van der Waals surface area contributed by atoms with Gasteiger partial charge in [0.15, 0.2) is 0 Å². The second-order valence-electron chi connectivity index (χ2n) is 7.82. The number of hydrogen-bond donors (Lipinski definition) is 1. The average Bonchev–Trinajstić information content (AvgIpc) is 3.23. The van der Waals surface area contributed by atoms with Gasteiger partial charge in [0, 0.05) is 35.5 Å². The van der Waals surface area contributed by atoms with Gasteiger partial charge < -0.3 is 14.9 Å². The van der Waals surface area contributed by atoms with Crippen LogP contribution in [-0.2, 0) is 4.79 Å². The molecule has 0 radical (unpaired) electrons. The highest BCUT2D eigenvalue weighted by atomic mass is 32.1. The molecule has 1 aromatic carbocycles. The van der Waals surface area contributed by atoms with Crippen molar-refractivity contribution in [1.29, 1.82) is 0 Å². The first kappa shape index (κ1) is 18.2. The summed E-state index contributed by atoms with van der Waals surface area (Å²) in [6, 6.07) is 9.94. The highest BCUT2D eigenvalue weighted by molar-refractivity contribution is 7.10. The van der Waals surface area contributed by atoms with Crippen molar-refractivity contribution in [3.05, 3.63) is 46.2 Å². The summed E-state index contributed by atoms with van der Waals surface area (Å²) < 4.78 is 0. The molecule has 4 rings (SSSR count). The van der Waals surface area contributed by atoms with E-state index in [1.54, 1.807) is 16.2 Å². The lowest BCUT2D eigenvalue weighted by molar-refractivity contribution is -0.153. The van der Waals surface area contributed by atoms with Crippen molar-refractivity contribution in [2.75, 3.05) is 33.2 Å². The molecule has 3 heterocycles. The van der Waals surface area contributed by atoms with Crippen molar-refractivity contribution in [1.82, 2.24) is 9.80 Å². The second-order valence-corrected chi connectivity index (χ2v) is 8.90. The third-order valence-corrected chi connectivity index (χ3v) is 7.00. The van der Waals surface area contributed by atoms with E-state index >= 15 is 0 Å². The minimum absolute atomic E-state index is 0.0232. The van der Waals surface area contributed by atoms with Crippen LogP contribution in [0.5, 0.6) is 0 Å². The molecule has 2 aliphatic heterocycles. The Labute approximate surface area is 163 Å². The molecule has 2 saturated heterocycles. The minimum atomic E-state index is -0.847. The largest absolute Gasteiger partial charge is 0.481 e. The molecule has 1 N–H and O–H groups in total. The summed E-state index contributed by atoms with van der Waals surface area (Å²) in [5, 5.41) is 11.9. The van der Waals surface area contributed by atoms with E-state index < -0.39 is 11.4 Å². The summed E-state index contributed by atoms with van der Waals surface area (Å²) in [5.41, 5.74) is 1.85. The van der Waals surface area contributed by atoms with Crippen molar-refractivity contribution in [2.45, 2.75) is 13.3 Å². The van der Waals surface area contributed by atoms with Crippen LogP contribution in [0.1, 0.15) is 21.7 Å². The van der Waals surface area contributed by atoms with Gasteiger partial charge in [-0.15, -0.1) is 11.3 Å². The summed E-state index contributed by atoms with van der Waals surface area (Å²) in [6.07, 6.45) is 0.820. The number of fused-ring (bicyclic) bond motifs is 1. The van der Waals surface area contributed by atoms with Gasteiger partial charge in [0.1, 0.15) is 5.41 Å². The maximum absolute atomic E-state index is 13.4. The first-order valence-corrected chi connectivity index (χ1v) is 10.1. The molecular formula is C21H24N2O3S. The number of benzene rings is 1. The number of carbonyl (C=O) groups excluding carboxylic acids is 1. The maximum Gasteiger partial charge on any atom is 0.313 e. The number of thiophene rings is 1. The molecule has 2 aliphatic rings. The first-order chi connectivity index (χ1) is 12.9. The summed E-state index contributed by atoms with van der Waals surface area (Å²) >= 11 is 1.57. The van der Waals surface area contributed by atoms with E-state index in [9.17, 15) is 14.7 Å². The van der Waals surface area contributed by atoms with Crippen LogP contribution in [-0.4, -0.2) is 60.0 Å². The smallest absolute Gasteiger partial charge is 0.313 e. The molecule has 0 unspecified atom stereocenters. The standard InChI is InChI=1S/C21H24N2O3S/c1-14-18(15-6-4-3-5-7-15)17(11-27-14)19(24)23-10-16-8-9-22(2)12-21(16,13-23)20(25)26/h3-7,11,16H,8-10,12-13H2,1-2H3,(H,25,26)/t16-,21-/m0/s1. The van der Waals surface area contributed by atoms with Crippen LogP contribution in [0.25, 0.3) is 11.1 Å². The molecule has 0 spiro atoms. The average molecular weight is 385 g/mol. The fourth-order valence-corrected chi connectivity index (χ4v) is 5.53. The van der Waals surface area contributed by atoms with Gasteiger partial charge in [0.2, 0.25) is 0 Å². The molecule has 0 bridgehead atoms. The van der Waals surface area contributed by atoms with Crippen LogP contribution in [0.15, 0.2) is 35.7 Å². The normalized spacial score (nSPS) is 25.4. The van der Waals surface area contributed by atoms with E-state index in [0.717, 1.165) is 29.0 Å². The SMILES string of the molecule is Cc1scc(C(=O)N2C[C@@H]3CCN(C)C[C@]3(C(=O)O)C2)c1-c1ccccc1. The summed E-state index contributed by atoms with van der Waals surface area (Å²) in [7, 11) is 1.96. The molecule has 142 valence electrons.